The lowest BCUT2D eigenvalue weighted by molar-refractivity contribution is 0.239. The van der Waals surface area contributed by atoms with E-state index in [0.717, 1.165) is 26.8 Å². The van der Waals surface area contributed by atoms with E-state index in [1.807, 2.05) is 26.0 Å². The molecule has 0 heterocycles. The molecule has 1 aromatic rings. The Balaban J connectivity index is 2.78. The lowest BCUT2D eigenvalue weighted by Gasteiger charge is -2.15. The van der Waals surface area contributed by atoms with E-state index in [1.165, 1.54) is 0 Å². The normalized spacial score (nSPS) is 10.9. The van der Waals surface area contributed by atoms with Gasteiger partial charge in [0.2, 0.25) is 0 Å². The Hall–Kier alpha value is -0.100. The molecule has 2 N–H and O–H groups in total. The van der Waals surface area contributed by atoms with Crippen LogP contribution in [0.15, 0.2) is 21.1 Å². The zero-order chi connectivity index (χ0) is 12.8. The van der Waals surface area contributed by atoms with E-state index in [1.54, 1.807) is 0 Å². The predicted octanol–water partition coefficient (Wildman–Crippen LogP) is 3.08. The van der Waals surface area contributed by atoms with Crippen LogP contribution in [-0.2, 0) is 6.54 Å². The second-order valence-corrected chi connectivity index (χ2v) is 5.66. The van der Waals surface area contributed by atoms with Crippen molar-refractivity contribution in [2.45, 2.75) is 26.5 Å². The molecule has 0 fully saturated rings. The van der Waals surface area contributed by atoms with Gasteiger partial charge in [-0.15, -0.1) is 0 Å². The summed E-state index contributed by atoms with van der Waals surface area (Å²) in [5.41, 5.74) is 1.13. The molecule has 17 heavy (non-hydrogen) atoms. The Morgan fingerprint density at radius 1 is 1.29 bits per heavy atom. The quantitative estimate of drug-likeness (QED) is 0.760. The molecule has 0 spiro atoms. The lowest BCUT2D eigenvalue weighted by atomic mass is 10.2. The van der Waals surface area contributed by atoms with Crippen LogP contribution in [-0.4, -0.2) is 24.4 Å². The number of halogens is 2. The van der Waals surface area contributed by atoms with Gasteiger partial charge in [0.05, 0.1) is 21.7 Å². The molecular weight excluding hydrogens is 350 g/mol. The molecule has 0 unspecified atom stereocenters. The van der Waals surface area contributed by atoms with Gasteiger partial charge in [-0.25, -0.2) is 0 Å². The van der Waals surface area contributed by atoms with Crippen molar-refractivity contribution >= 4 is 31.9 Å². The number of nitrogens with one attached hydrogen (secondary N) is 1. The number of ether oxygens (including phenoxy) is 1. The highest BCUT2D eigenvalue weighted by Gasteiger charge is 2.10. The average molecular weight is 367 g/mol. The number of rotatable bonds is 6. The molecule has 0 aliphatic rings. The fraction of sp³-hybridized carbons (Fsp3) is 0.500. The van der Waals surface area contributed by atoms with Gasteiger partial charge in [0.1, 0.15) is 5.75 Å². The standard InChI is InChI=1S/C12H17Br2NO2/c1-8(2)17-12-10(13)5-9(6-11(12)14)7-15-3-4-16/h5-6,8,15-16H,3-4,7H2,1-2H3. The number of benzene rings is 1. The molecule has 96 valence electrons. The van der Waals surface area contributed by atoms with Crippen LogP contribution in [0.25, 0.3) is 0 Å². The first-order chi connectivity index (χ1) is 8.04. The van der Waals surface area contributed by atoms with Gasteiger partial charge in [-0.1, -0.05) is 0 Å². The molecule has 0 aromatic heterocycles. The topological polar surface area (TPSA) is 41.5 Å². The molecule has 0 amide bonds. The highest BCUT2D eigenvalue weighted by molar-refractivity contribution is 9.11. The van der Waals surface area contributed by atoms with Gasteiger partial charge in [-0.05, 0) is 63.4 Å². The van der Waals surface area contributed by atoms with Crippen LogP contribution in [0, 0.1) is 0 Å². The minimum Gasteiger partial charge on any atom is -0.489 e. The molecule has 0 bridgehead atoms. The summed E-state index contributed by atoms with van der Waals surface area (Å²) in [6.07, 6.45) is 0.140. The second-order valence-electron chi connectivity index (χ2n) is 3.96. The van der Waals surface area contributed by atoms with Crippen LogP contribution in [0.1, 0.15) is 19.4 Å². The Morgan fingerprint density at radius 2 is 1.88 bits per heavy atom. The smallest absolute Gasteiger partial charge is 0.148 e. The van der Waals surface area contributed by atoms with Crippen molar-refractivity contribution in [3.05, 3.63) is 26.6 Å². The minimum absolute atomic E-state index is 0.140. The van der Waals surface area contributed by atoms with Crippen molar-refractivity contribution < 1.29 is 9.84 Å². The van der Waals surface area contributed by atoms with Gasteiger partial charge in [0.15, 0.2) is 0 Å². The van der Waals surface area contributed by atoms with Crippen LogP contribution in [0.4, 0.5) is 0 Å². The Morgan fingerprint density at radius 3 is 2.35 bits per heavy atom. The molecule has 0 saturated heterocycles. The van der Waals surface area contributed by atoms with Crippen LogP contribution in [0.2, 0.25) is 0 Å². The maximum atomic E-state index is 8.70. The summed E-state index contributed by atoms with van der Waals surface area (Å²) in [7, 11) is 0. The van der Waals surface area contributed by atoms with E-state index in [0.29, 0.717) is 6.54 Å². The van der Waals surface area contributed by atoms with Crippen molar-refractivity contribution in [3.63, 3.8) is 0 Å². The summed E-state index contributed by atoms with van der Waals surface area (Å²) in [5.74, 6) is 0.825. The molecule has 0 aliphatic heterocycles. The SMILES string of the molecule is CC(C)Oc1c(Br)cc(CNCCO)cc1Br. The highest BCUT2D eigenvalue weighted by Crippen LogP contribution is 2.35. The predicted molar refractivity (Wildman–Crippen MR) is 76.4 cm³/mol. The third-order valence-corrected chi connectivity index (χ3v) is 3.21. The molecule has 1 aromatic carbocycles. The Bertz CT molecular complexity index is 347. The third-order valence-electron chi connectivity index (χ3n) is 2.03. The van der Waals surface area contributed by atoms with Gasteiger partial charge in [-0.3, -0.25) is 0 Å². The van der Waals surface area contributed by atoms with E-state index in [9.17, 15) is 0 Å². The minimum atomic E-state index is 0.140. The van der Waals surface area contributed by atoms with Crippen molar-refractivity contribution in [2.75, 3.05) is 13.2 Å². The number of aliphatic hydroxyl groups excluding tert-OH is 1. The summed E-state index contributed by atoms with van der Waals surface area (Å²) >= 11 is 7.01. The number of hydrogen-bond acceptors (Lipinski definition) is 3. The summed E-state index contributed by atoms with van der Waals surface area (Å²) < 4.78 is 7.57. The van der Waals surface area contributed by atoms with Crippen molar-refractivity contribution in [3.8, 4) is 5.75 Å². The molecule has 0 radical (unpaired) electrons. The van der Waals surface area contributed by atoms with Gasteiger partial charge in [-0.2, -0.15) is 0 Å². The fourth-order valence-corrected chi connectivity index (χ4v) is 2.84. The Kier molecular flexibility index (Phi) is 6.48. The van der Waals surface area contributed by atoms with Gasteiger partial charge in [0.25, 0.3) is 0 Å². The van der Waals surface area contributed by atoms with Crippen molar-refractivity contribution in [1.29, 1.82) is 0 Å². The molecular formula is C12H17Br2NO2. The van der Waals surface area contributed by atoms with E-state index >= 15 is 0 Å². The highest BCUT2D eigenvalue weighted by atomic mass is 79.9. The van der Waals surface area contributed by atoms with E-state index in [2.05, 4.69) is 37.2 Å². The zero-order valence-corrected chi connectivity index (χ0v) is 13.1. The monoisotopic (exact) mass is 365 g/mol. The third kappa shape index (κ3) is 4.95. The van der Waals surface area contributed by atoms with Crippen LogP contribution in [0.5, 0.6) is 5.75 Å². The summed E-state index contributed by atoms with van der Waals surface area (Å²) in [6, 6.07) is 4.04. The van der Waals surface area contributed by atoms with E-state index in [-0.39, 0.29) is 12.7 Å². The van der Waals surface area contributed by atoms with E-state index < -0.39 is 0 Å². The van der Waals surface area contributed by atoms with Gasteiger partial charge >= 0.3 is 0 Å². The fourth-order valence-electron chi connectivity index (χ4n) is 1.37. The number of hydrogen-bond donors (Lipinski definition) is 2. The summed E-state index contributed by atoms with van der Waals surface area (Å²) in [4.78, 5) is 0. The molecule has 0 atom stereocenters. The average Bonchev–Trinajstić information content (AvgIpc) is 2.24. The first-order valence-corrected chi connectivity index (χ1v) is 7.09. The summed E-state index contributed by atoms with van der Waals surface area (Å²) in [6.45, 7) is 5.46. The second kappa shape index (κ2) is 7.36. The maximum absolute atomic E-state index is 8.70. The molecule has 1 rings (SSSR count). The molecule has 0 aliphatic carbocycles. The molecule has 3 nitrogen and oxygen atoms in total. The van der Waals surface area contributed by atoms with Gasteiger partial charge < -0.3 is 15.2 Å². The largest absolute Gasteiger partial charge is 0.489 e. The maximum Gasteiger partial charge on any atom is 0.148 e. The van der Waals surface area contributed by atoms with Crippen molar-refractivity contribution in [1.82, 2.24) is 5.32 Å². The first kappa shape index (κ1) is 15.0. The zero-order valence-electron chi connectivity index (χ0n) is 9.96. The van der Waals surface area contributed by atoms with E-state index in [4.69, 9.17) is 9.84 Å². The molecule has 0 saturated carbocycles. The Labute approximate surface area is 119 Å². The van der Waals surface area contributed by atoms with Crippen LogP contribution in [0.3, 0.4) is 0 Å². The molecule has 5 heteroatoms. The van der Waals surface area contributed by atoms with Crippen LogP contribution >= 0.6 is 31.9 Å². The number of aliphatic hydroxyl groups is 1. The van der Waals surface area contributed by atoms with Crippen LogP contribution < -0.4 is 10.1 Å². The first-order valence-electron chi connectivity index (χ1n) is 5.50. The summed E-state index contributed by atoms with van der Waals surface area (Å²) in [5, 5.41) is 11.8. The van der Waals surface area contributed by atoms with Crippen molar-refractivity contribution in [2.24, 2.45) is 0 Å². The van der Waals surface area contributed by atoms with Gasteiger partial charge in [0, 0.05) is 13.1 Å². The lowest BCUT2D eigenvalue weighted by Crippen LogP contribution is -2.17.